The van der Waals surface area contributed by atoms with Gasteiger partial charge in [0.25, 0.3) is 0 Å². The van der Waals surface area contributed by atoms with E-state index in [0.717, 1.165) is 28.8 Å². The summed E-state index contributed by atoms with van der Waals surface area (Å²) in [5, 5.41) is 2.88. The van der Waals surface area contributed by atoms with Gasteiger partial charge in [-0.2, -0.15) is 0 Å². The molecule has 0 bridgehead atoms. The van der Waals surface area contributed by atoms with Gasteiger partial charge in [-0.15, -0.1) is 0 Å². The Kier molecular flexibility index (Phi) is 6.69. The lowest BCUT2D eigenvalue weighted by molar-refractivity contribution is -0.121. The van der Waals surface area contributed by atoms with Gasteiger partial charge in [0, 0.05) is 44.5 Å². The Balaban J connectivity index is 2.01. The first-order valence-electron chi connectivity index (χ1n) is 8.55. The zero-order chi connectivity index (χ0) is 18.2. The Morgan fingerprint density at radius 3 is 2.52 bits per heavy atom. The monoisotopic (exact) mass is 339 g/mol. The highest BCUT2D eigenvalue weighted by Crippen LogP contribution is 2.26. The number of aryl methyl sites for hydroxylation is 2. The highest BCUT2D eigenvalue weighted by Gasteiger charge is 2.18. The zero-order valence-corrected chi connectivity index (χ0v) is 15.1. The second-order valence-corrected chi connectivity index (χ2v) is 5.99. The van der Waals surface area contributed by atoms with Crippen LogP contribution in [0.25, 0.3) is 0 Å². The molecule has 0 unspecified atom stereocenters. The van der Waals surface area contributed by atoms with Gasteiger partial charge in [-0.05, 0) is 42.2 Å². The van der Waals surface area contributed by atoms with Crippen LogP contribution >= 0.6 is 0 Å². The molecule has 5 nitrogen and oxygen atoms in total. The van der Waals surface area contributed by atoms with Crippen molar-refractivity contribution >= 4 is 17.5 Å². The topological polar surface area (TPSA) is 62.3 Å². The van der Waals surface area contributed by atoms with Crippen molar-refractivity contribution in [2.45, 2.75) is 40.2 Å². The predicted octanol–water partition coefficient (Wildman–Crippen LogP) is 3.01. The van der Waals surface area contributed by atoms with E-state index in [-0.39, 0.29) is 18.2 Å². The molecule has 2 amide bonds. The van der Waals surface area contributed by atoms with E-state index >= 15 is 0 Å². The smallest absolute Gasteiger partial charge is 0.223 e. The van der Waals surface area contributed by atoms with Crippen molar-refractivity contribution in [3.8, 4) is 0 Å². The molecule has 25 heavy (non-hydrogen) atoms. The highest BCUT2D eigenvalue weighted by molar-refractivity contribution is 5.94. The van der Waals surface area contributed by atoms with E-state index in [9.17, 15) is 9.59 Å². The van der Waals surface area contributed by atoms with Crippen LogP contribution in [0.5, 0.6) is 0 Å². The number of carbonyl (C=O) groups is 2. The molecular formula is C20H25N3O2. The molecule has 0 radical (unpaired) electrons. The van der Waals surface area contributed by atoms with Crippen LogP contribution in [0.1, 0.15) is 37.0 Å². The van der Waals surface area contributed by atoms with Crippen molar-refractivity contribution in [3.63, 3.8) is 0 Å². The summed E-state index contributed by atoms with van der Waals surface area (Å²) in [7, 11) is 0. The average Bonchev–Trinajstić information content (AvgIpc) is 2.61. The quantitative estimate of drug-likeness (QED) is 0.843. The normalized spacial score (nSPS) is 10.4. The Morgan fingerprint density at radius 1 is 1.16 bits per heavy atom. The van der Waals surface area contributed by atoms with E-state index in [4.69, 9.17) is 0 Å². The zero-order valence-electron chi connectivity index (χ0n) is 15.1. The number of hydrogen-bond acceptors (Lipinski definition) is 3. The van der Waals surface area contributed by atoms with Crippen molar-refractivity contribution in [2.24, 2.45) is 0 Å². The molecule has 5 heteroatoms. The van der Waals surface area contributed by atoms with Crippen LogP contribution in [-0.2, 0) is 22.6 Å². The molecule has 1 N–H and O–H groups in total. The van der Waals surface area contributed by atoms with Crippen LogP contribution in [0.15, 0.2) is 42.7 Å². The fourth-order valence-electron chi connectivity index (χ4n) is 2.82. The van der Waals surface area contributed by atoms with Gasteiger partial charge in [0.15, 0.2) is 0 Å². The molecule has 0 spiro atoms. The fraction of sp³-hybridized carbons (Fsp3) is 0.350. The maximum Gasteiger partial charge on any atom is 0.223 e. The van der Waals surface area contributed by atoms with Crippen LogP contribution in [0.4, 0.5) is 5.69 Å². The predicted molar refractivity (Wildman–Crippen MR) is 99.3 cm³/mol. The summed E-state index contributed by atoms with van der Waals surface area (Å²) in [5.74, 6) is -0.124. The lowest BCUT2D eigenvalue weighted by Gasteiger charge is -2.25. The van der Waals surface area contributed by atoms with E-state index in [0.29, 0.717) is 13.1 Å². The van der Waals surface area contributed by atoms with Gasteiger partial charge < -0.3 is 10.2 Å². The number of para-hydroxylation sites is 1. The minimum atomic E-state index is -0.0744. The molecule has 0 atom stereocenters. The van der Waals surface area contributed by atoms with E-state index in [1.165, 1.54) is 0 Å². The number of nitrogens with zero attached hydrogens (tertiary/aromatic N) is 2. The van der Waals surface area contributed by atoms with Gasteiger partial charge in [0.2, 0.25) is 11.8 Å². The first-order chi connectivity index (χ1) is 12.0. The van der Waals surface area contributed by atoms with E-state index in [2.05, 4.69) is 17.2 Å². The fourth-order valence-corrected chi connectivity index (χ4v) is 2.82. The number of benzene rings is 1. The molecule has 2 aromatic rings. The molecular weight excluding hydrogens is 314 g/mol. The van der Waals surface area contributed by atoms with Gasteiger partial charge in [-0.3, -0.25) is 14.6 Å². The number of aromatic nitrogens is 1. The third kappa shape index (κ3) is 5.14. The number of nitrogens with one attached hydrogen (secondary N) is 1. The van der Waals surface area contributed by atoms with E-state index < -0.39 is 0 Å². The van der Waals surface area contributed by atoms with Crippen LogP contribution < -0.4 is 10.2 Å². The standard InChI is InChI=1S/C20H25N3O2/c1-4-18-7-5-6-15(2)20(18)23(16(3)24)13-10-19(25)22-14-17-8-11-21-12-9-17/h5-9,11-12H,4,10,13-14H2,1-3H3,(H,22,25). The van der Waals surface area contributed by atoms with Crippen LogP contribution in [0.2, 0.25) is 0 Å². The maximum absolute atomic E-state index is 12.1. The maximum atomic E-state index is 12.1. The van der Waals surface area contributed by atoms with Crippen molar-refractivity contribution in [1.82, 2.24) is 10.3 Å². The number of carbonyl (C=O) groups excluding carboxylic acids is 2. The molecule has 0 fully saturated rings. The summed E-state index contributed by atoms with van der Waals surface area (Å²) in [6, 6.07) is 9.75. The van der Waals surface area contributed by atoms with Gasteiger partial charge in [0.1, 0.15) is 0 Å². The first kappa shape index (κ1) is 18.6. The molecule has 0 aliphatic heterocycles. The Bertz CT molecular complexity index is 729. The second-order valence-electron chi connectivity index (χ2n) is 5.99. The van der Waals surface area contributed by atoms with Crippen molar-refractivity contribution in [1.29, 1.82) is 0 Å². The average molecular weight is 339 g/mol. The summed E-state index contributed by atoms with van der Waals surface area (Å²) in [4.78, 5) is 30.0. The minimum absolute atomic E-state index is 0.0501. The Morgan fingerprint density at radius 2 is 1.88 bits per heavy atom. The summed E-state index contributed by atoms with van der Waals surface area (Å²) < 4.78 is 0. The molecule has 132 valence electrons. The van der Waals surface area contributed by atoms with Gasteiger partial charge in [-0.25, -0.2) is 0 Å². The van der Waals surface area contributed by atoms with Gasteiger partial charge in [-0.1, -0.05) is 25.1 Å². The summed E-state index contributed by atoms with van der Waals surface area (Å²) in [6.45, 7) is 6.44. The number of anilines is 1. The van der Waals surface area contributed by atoms with Crippen LogP contribution in [0, 0.1) is 6.92 Å². The van der Waals surface area contributed by atoms with Crippen molar-refractivity contribution in [3.05, 3.63) is 59.4 Å². The molecule has 1 aromatic heterocycles. The summed E-state index contributed by atoms with van der Waals surface area (Å²) >= 11 is 0. The van der Waals surface area contributed by atoms with Crippen LogP contribution in [-0.4, -0.2) is 23.3 Å². The molecule has 1 aromatic carbocycles. The number of rotatable bonds is 7. The summed E-state index contributed by atoms with van der Waals surface area (Å²) in [6.07, 6.45) is 4.50. The van der Waals surface area contributed by atoms with E-state index in [1.54, 1.807) is 24.2 Å². The van der Waals surface area contributed by atoms with Crippen molar-refractivity contribution in [2.75, 3.05) is 11.4 Å². The van der Waals surface area contributed by atoms with Crippen LogP contribution in [0.3, 0.4) is 0 Å². The largest absolute Gasteiger partial charge is 0.352 e. The lowest BCUT2D eigenvalue weighted by Crippen LogP contribution is -2.34. The number of pyridine rings is 1. The van der Waals surface area contributed by atoms with Gasteiger partial charge >= 0.3 is 0 Å². The Labute approximate surface area is 149 Å². The number of amides is 2. The lowest BCUT2D eigenvalue weighted by atomic mass is 10.0. The molecule has 0 saturated carbocycles. The molecule has 0 aliphatic rings. The first-order valence-corrected chi connectivity index (χ1v) is 8.55. The van der Waals surface area contributed by atoms with E-state index in [1.807, 2.05) is 37.3 Å². The third-order valence-corrected chi connectivity index (χ3v) is 4.15. The molecule has 0 saturated heterocycles. The third-order valence-electron chi connectivity index (χ3n) is 4.15. The second kappa shape index (κ2) is 8.97. The Hall–Kier alpha value is -2.69. The SMILES string of the molecule is CCc1cccc(C)c1N(CCC(=O)NCc1ccncc1)C(C)=O. The molecule has 0 aliphatic carbocycles. The highest BCUT2D eigenvalue weighted by atomic mass is 16.2. The molecule has 1 heterocycles. The number of hydrogen-bond donors (Lipinski definition) is 1. The molecule has 2 rings (SSSR count). The van der Waals surface area contributed by atoms with Gasteiger partial charge in [0.05, 0.1) is 0 Å². The summed E-state index contributed by atoms with van der Waals surface area (Å²) in [5.41, 5.74) is 4.09. The van der Waals surface area contributed by atoms with Crippen molar-refractivity contribution < 1.29 is 9.59 Å². The minimum Gasteiger partial charge on any atom is -0.352 e.